The number of hydrogen-bond acceptors (Lipinski definition) is 3. The molecule has 4 nitrogen and oxygen atoms in total. The molecular weight excluding hydrogens is 289 g/mol. The van der Waals surface area contributed by atoms with Gasteiger partial charge in [0.05, 0.1) is 5.69 Å². The van der Waals surface area contributed by atoms with Crippen LogP contribution in [-0.2, 0) is 14.4 Å². The van der Waals surface area contributed by atoms with Gasteiger partial charge >= 0.3 is 5.97 Å². The van der Waals surface area contributed by atoms with Gasteiger partial charge in [0.25, 0.3) is 5.91 Å². The molecule has 1 rings (SSSR count). The van der Waals surface area contributed by atoms with Gasteiger partial charge in [0, 0.05) is 23.9 Å². The lowest BCUT2D eigenvalue weighted by Crippen LogP contribution is -2.30. The Balaban J connectivity index is 3.27. The van der Waals surface area contributed by atoms with Crippen molar-refractivity contribution in [3.8, 4) is 0 Å². The van der Waals surface area contributed by atoms with E-state index in [1.807, 2.05) is 13.8 Å². The summed E-state index contributed by atoms with van der Waals surface area (Å²) in [5.41, 5.74) is 1.11. The molecule has 0 aliphatic heterocycles. The lowest BCUT2D eigenvalue weighted by atomic mass is 10.0. The molecule has 0 saturated heterocycles. The second-order valence-corrected chi connectivity index (χ2v) is 5.19. The minimum Gasteiger partial charge on any atom is -0.334 e. The van der Waals surface area contributed by atoms with Crippen molar-refractivity contribution in [1.82, 2.24) is 0 Å². The fourth-order valence-electron chi connectivity index (χ4n) is 1.67. The van der Waals surface area contributed by atoms with Gasteiger partial charge < -0.3 is 4.84 Å². The van der Waals surface area contributed by atoms with Gasteiger partial charge in [-0.05, 0) is 23.6 Å². The van der Waals surface area contributed by atoms with Crippen LogP contribution in [0.3, 0.4) is 0 Å². The first-order chi connectivity index (χ1) is 8.73. The lowest BCUT2D eigenvalue weighted by molar-refractivity contribution is -0.147. The van der Waals surface area contributed by atoms with E-state index in [4.69, 9.17) is 28.0 Å². The van der Waals surface area contributed by atoms with Gasteiger partial charge in [-0.1, -0.05) is 37.0 Å². The van der Waals surface area contributed by atoms with Gasteiger partial charge in [-0.2, -0.15) is 0 Å². The molecule has 0 saturated carbocycles. The van der Waals surface area contributed by atoms with Crippen molar-refractivity contribution in [2.45, 2.75) is 33.6 Å². The highest BCUT2D eigenvalue weighted by atomic mass is 35.5. The summed E-state index contributed by atoms with van der Waals surface area (Å²) in [6, 6.07) is 3.10. The topological polar surface area (TPSA) is 46.6 Å². The third-order valence-corrected chi connectivity index (χ3v) is 3.01. The van der Waals surface area contributed by atoms with Crippen LogP contribution in [0.15, 0.2) is 12.1 Å². The first-order valence-corrected chi connectivity index (χ1v) is 6.47. The molecule has 0 N–H and O–H groups in total. The molecule has 0 aromatic heterocycles. The van der Waals surface area contributed by atoms with Crippen LogP contribution in [0.4, 0.5) is 5.69 Å². The maximum Gasteiger partial charge on any atom is 0.330 e. The van der Waals surface area contributed by atoms with Crippen molar-refractivity contribution in [1.29, 1.82) is 0 Å². The molecule has 0 atom stereocenters. The monoisotopic (exact) mass is 303 g/mol. The lowest BCUT2D eigenvalue weighted by Gasteiger charge is -2.21. The van der Waals surface area contributed by atoms with E-state index in [0.29, 0.717) is 15.7 Å². The highest BCUT2D eigenvalue weighted by molar-refractivity contribution is 6.36. The highest BCUT2D eigenvalue weighted by Gasteiger charge is 2.19. The van der Waals surface area contributed by atoms with Crippen molar-refractivity contribution in [2.24, 2.45) is 0 Å². The Bertz CT molecular complexity index is 492. The largest absolute Gasteiger partial charge is 0.334 e. The van der Waals surface area contributed by atoms with Crippen molar-refractivity contribution in [3.63, 3.8) is 0 Å². The number of amides is 1. The predicted molar refractivity (Wildman–Crippen MR) is 75.5 cm³/mol. The zero-order chi connectivity index (χ0) is 14.7. The second kappa shape index (κ2) is 6.26. The Labute approximate surface area is 122 Å². The summed E-state index contributed by atoms with van der Waals surface area (Å²) in [6.45, 7) is 6.41. The highest BCUT2D eigenvalue weighted by Crippen LogP contribution is 2.35. The Kier molecular flexibility index (Phi) is 5.20. The molecule has 6 heteroatoms. The maximum absolute atomic E-state index is 11.5. The Morgan fingerprint density at radius 2 is 1.63 bits per heavy atom. The number of carbonyl (C=O) groups is 2. The number of hydrogen-bond donors (Lipinski definition) is 0. The first-order valence-electron chi connectivity index (χ1n) is 5.72. The molecule has 0 unspecified atom stereocenters. The van der Waals surface area contributed by atoms with Gasteiger partial charge in [-0.15, -0.1) is 5.06 Å². The Hall–Kier alpha value is -1.26. The fourth-order valence-corrected chi connectivity index (χ4v) is 2.58. The summed E-state index contributed by atoms with van der Waals surface area (Å²) in [7, 11) is 0. The third kappa shape index (κ3) is 3.85. The number of halogens is 2. The van der Waals surface area contributed by atoms with Crippen LogP contribution in [0, 0.1) is 0 Å². The fraction of sp³-hybridized carbons (Fsp3) is 0.385. The standard InChI is InChI=1S/C13H15Cl2NO3/c1-7(2)13-11(14)5-10(6-12(13)15)16(8(3)17)19-9(4)18/h5-7H,1-4H3. The third-order valence-electron chi connectivity index (χ3n) is 2.38. The normalized spacial score (nSPS) is 10.5. The SMILES string of the molecule is CC(=O)ON(C(C)=O)c1cc(Cl)c(C(C)C)c(Cl)c1. The molecular formula is C13H15Cl2NO3. The van der Waals surface area contributed by atoms with E-state index >= 15 is 0 Å². The van der Waals surface area contributed by atoms with Crippen LogP contribution in [0.25, 0.3) is 0 Å². The van der Waals surface area contributed by atoms with Crippen LogP contribution in [0.5, 0.6) is 0 Å². The van der Waals surface area contributed by atoms with Crippen molar-refractivity contribution in [3.05, 3.63) is 27.7 Å². The molecule has 1 aromatic carbocycles. The van der Waals surface area contributed by atoms with E-state index in [2.05, 4.69) is 0 Å². The molecule has 104 valence electrons. The van der Waals surface area contributed by atoms with Crippen LogP contribution < -0.4 is 5.06 Å². The van der Waals surface area contributed by atoms with E-state index < -0.39 is 11.9 Å². The number of carbonyl (C=O) groups excluding carboxylic acids is 2. The molecule has 0 aliphatic rings. The molecule has 0 spiro atoms. The molecule has 0 radical (unpaired) electrons. The van der Waals surface area contributed by atoms with Gasteiger partial charge in [0.2, 0.25) is 0 Å². The van der Waals surface area contributed by atoms with Gasteiger partial charge in [-0.3, -0.25) is 4.79 Å². The number of anilines is 1. The Morgan fingerprint density at radius 1 is 1.16 bits per heavy atom. The van der Waals surface area contributed by atoms with Crippen molar-refractivity contribution in [2.75, 3.05) is 5.06 Å². The minimum absolute atomic E-state index is 0.147. The Morgan fingerprint density at radius 3 is 1.95 bits per heavy atom. The molecule has 1 aromatic rings. The van der Waals surface area contributed by atoms with Crippen LogP contribution in [0.1, 0.15) is 39.2 Å². The van der Waals surface area contributed by atoms with Crippen LogP contribution in [-0.4, -0.2) is 11.9 Å². The molecule has 0 bridgehead atoms. The molecule has 0 fully saturated rings. The summed E-state index contributed by atoms with van der Waals surface area (Å²) in [4.78, 5) is 27.3. The second-order valence-electron chi connectivity index (χ2n) is 4.37. The average Bonchev–Trinajstić information content (AvgIpc) is 2.23. The number of hydroxylamine groups is 1. The maximum atomic E-state index is 11.5. The number of nitrogens with zero attached hydrogens (tertiary/aromatic N) is 1. The van der Waals surface area contributed by atoms with Gasteiger partial charge in [0.1, 0.15) is 0 Å². The molecule has 1 amide bonds. The van der Waals surface area contributed by atoms with Crippen molar-refractivity contribution >= 4 is 40.8 Å². The van der Waals surface area contributed by atoms with Crippen LogP contribution >= 0.6 is 23.2 Å². The van der Waals surface area contributed by atoms with E-state index in [0.717, 1.165) is 10.6 Å². The van der Waals surface area contributed by atoms with E-state index in [-0.39, 0.29) is 5.92 Å². The smallest absolute Gasteiger partial charge is 0.330 e. The summed E-state index contributed by atoms with van der Waals surface area (Å²) >= 11 is 12.3. The number of rotatable bonds is 2. The van der Waals surface area contributed by atoms with E-state index in [9.17, 15) is 9.59 Å². The first kappa shape index (κ1) is 15.8. The van der Waals surface area contributed by atoms with E-state index in [1.165, 1.54) is 13.8 Å². The molecule has 19 heavy (non-hydrogen) atoms. The van der Waals surface area contributed by atoms with E-state index in [1.54, 1.807) is 12.1 Å². The van der Waals surface area contributed by atoms with Gasteiger partial charge in [-0.25, -0.2) is 4.79 Å². The van der Waals surface area contributed by atoms with Crippen LogP contribution in [0.2, 0.25) is 10.0 Å². The average molecular weight is 304 g/mol. The summed E-state index contributed by atoms with van der Waals surface area (Å²) in [5.74, 6) is -0.899. The van der Waals surface area contributed by atoms with Crippen molar-refractivity contribution < 1.29 is 14.4 Å². The summed E-state index contributed by atoms with van der Waals surface area (Å²) < 4.78 is 0. The summed E-state index contributed by atoms with van der Waals surface area (Å²) in [6.07, 6.45) is 0. The minimum atomic E-state index is -0.601. The zero-order valence-corrected chi connectivity index (χ0v) is 12.7. The zero-order valence-electron chi connectivity index (χ0n) is 11.2. The van der Waals surface area contributed by atoms with Gasteiger partial charge in [0.15, 0.2) is 0 Å². The quantitative estimate of drug-likeness (QED) is 0.777. The molecule has 0 heterocycles. The predicted octanol–water partition coefficient (Wildman–Crippen LogP) is 3.95. The summed E-state index contributed by atoms with van der Waals surface area (Å²) in [5, 5.41) is 1.72. The molecule has 0 aliphatic carbocycles. The number of benzene rings is 1.